The minimum atomic E-state index is -0.903. The van der Waals surface area contributed by atoms with Gasteiger partial charge in [-0.15, -0.1) is 0 Å². The molecule has 0 spiro atoms. The van der Waals surface area contributed by atoms with Crippen LogP contribution in [-0.2, 0) is 0 Å². The third-order valence-corrected chi connectivity index (χ3v) is 3.48. The molecule has 4 nitrogen and oxygen atoms in total. The van der Waals surface area contributed by atoms with Crippen molar-refractivity contribution >= 4 is 5.97 Å². The molecular weight excluding hydrogens is 242 g/mol. The summed E-state index contributed by atoms with van der Waals surface area (Å²) in [5, 5.41) is 8.83. The number of piperidine rings is 1. The van der Waals surface area contributed by atoms with Gasteiger partial charge in [0.1, 0.15) is 11.9 Å². The second-order valence-electron chi connectivity index (χ2n) is 4.99. The Morgan fingerprint density at radius 2 is 1.95 bits per heavy atom. The van der Waals surface area contributed by atoms with E-state index in [1.807, 2.05) is 0 Å². The number of hydrogen-bond acceptors (Lipinski definition) is 3. The van der Waals surface area contributed by atoms with E-state index in [2.05, 4.69) is 11.8 Å². The highest BCUT2D eigenvalue weighted by atomic mass is 16.5. The Hall–Kier alpha value is -1.55. The average molecular weight is 263 g/mol. The quantitative estimate of drug-likeness (QED) is 0.887. The van der Waals surface area contributed by atoms with Crippen LogP contribution in [0.3, 0.4) is 0 Å². The maximum atomic E-state index is 10.8. The lowest BCUT2D eigenvalue weighted by Crippen LogP contribution is -2.38. The van der Waals surface area contributed by atoms with Gasteiger partial charge in [-0.2, -0.15) is 0 Å². The van der Waals surface area contributed by atoms with Gasteiger partial charge >= 0.3 is 5.97 Å². The maximum absolute atomic E-state index is 10.8. The number of aromatic carboxylic acids is 1. The molecule has 0 bridgehead atoms. The Morgan fingerprint density at radius 1 is 1.32 bits per heavy atom. The molecule has 0 aromatic heterocycles. The summed E-state index contributed by atoms with van der Waals surface area (Å²) in [6.07, 6.45) is 3.53. The van der Waals surface area contributed by atoms with Crippen LogP contribution in [0.5, 0.6) is 5.75 Å². The third kappa shape index (κ3) is 3.96. The summed E-state index contributed by atoms with van der Waals surface area (Å²) in [5.41, 5.74) is 0.296. The van der Waals surface area contributed by atoms with Crippen molar-refractivity contribution in [1.29, 1.82) is 0 Å². The standard InChI is InChI=1S/C15H21NO3/c1-2-9-16-10-7-14(8-11-16)19-13-5-3-12(4-6-13)15(17)18/h3-6,14H,2,7-11H2,1H3,(H,17,18). The van der Waals surface area contributed by atoms with Crippen molar-refractivity contribution in [3.63, 3.8) is 0 Å². The molecule has 4 heteroatoms. The van der Waals surface area contributed by atoms with E-state index in [0.29, 0.717) is 5.56 Å². The Balaban J connectivity index is 1.83. The van der Waals surface area contributed by atoms with Crippen molar-refractivity contribution in [1.82, 2.24) is 4.90 Å². The molecule has 19 heavy (non-hydrogen) atoms. The van der Waals surface area contributed by atoms with Crippen molar-refractivity contribution in [3.8, 4) is 5.75 Å². The lowest BCUT2D eigenvalue weighted by molar-refractivity contribution is 0.0696. The van der Waals surface area contributed by atoms with Gasteiger partial charge in [0.2, 0.25) is 0 Å². The third-order valence-electron chi connectivity index (χ3n) is 3.48. The molecule has 0 radical (unpaired) electrons. The van der Waals surface area contributed by atoms with Crippen LogP contribution in [0.25, 0.3) is 0 Å². The topological polar surface area (TPSA) is 49.8 Å². The highest BCUT2D eigenvalue weighted by Crippen LogP contribution is 2.19. The van der Waals surface area contributed by atoms with Crippen LogP contribution in [0.15, 0.2) is 24.3 Å². The van der Waals surface area contributed by atoms with Crippen LogP contribution >= 0.6 is 0 Å². The van der Waals surface area contributed by atoms with Gasteiger partial charge in [-0.05, 0) is 50.1 Å². The number of hydrogen-bond donors (Lipinski definition) is 1. The van der Waals surface area contributed by atoms with Gasteiger partial charge in [-0.25, -0.2) is 4.79 Å². The number of carbonyl (C=O) groups is 1. The van der Waals surface area contributed by atoms with E-state index in [4.69, 9.17) is 9.84 Å². The minimum Gasteiger partial charge on any atom is -0.490 e. The molecule has 0 saturated carbocycles. The van der Waals surface area contributed by atoms with Crippen LogP contribution < -0.4 is 4.74 Å². The molecule has 1 aliphatic rings. The second kappa shape index (κ2) is 6.57. The molecule has 0 aliphatic carbocycles. The SMILES string of the molecule is CCCN1CCC(Oc2ccc(C(=O)O)cc2)CC1. The van der Waals surface area contributed by atoms with E-state index in [-0.39, 0.29) is 6.10 Å². The highest BCUT2D eigenvalue weighted by molar-refractivity contribution is 5.87. The van der Waals surface area contributed by atoms with E-state index < -0.39 is 5.97 Å². The minimum absolute atomic E-state index is 0.254. The Bertz CT molecular complexity index is 408. The fraction of sp³-hybridized carbons (Fsp3) is 0.533. The van der Waals surface area contributed by atoms with Gasteiger partial charge < -0.3 is 14.7 Å². The van der Waals surface area contributed by atoms with Gasteiger partial charge in [0.05, 0.1) is 5.56 Å². The molecule has 1 aliphatic heterocycles. The lowest BCUT2D eigenvalue weighted by Gasteiger charge is -2.31. The molecule has 1 N–H and O–H groups in total. The molecule has 104 valence electrons. The zero-order valence-corrected chi connectivity index (χ0v) is 11.3. The molecule has 1 heterocycles. The number of benzene rings is 1. The van der Waals surface area contributed by atoms with Crippen molar-refractivity contribution in [2.45, 2.75) is 32.3 Å². The number of carboxylic acid groups (broad SMARTS) is 1. The average Bonchev–Trinajstić information content (AvgIpc) is 2.42. The predicted molar refractivity (Wildman–Crippen MR) is 73.8 cm³/mol. The van der Waals surface area contributed by atoms with Gasteiger partial charge in [0.25, 0.3) is 0 Å². The number of likely N-dealkylation sites (tertiary alicyclic amines) is 1. The first-order valence-corrected chi connectivity index (χ1v) is 6.91. The molecule has 1 saturated heterocycles. The summed E-state index contributed by atoms with van der Waals surface area (Å²) in [6, 6.07) is 6.65. The summed E-state index contributed by atoms with van der Waals surface area (Å²) in [4.78, 5) is 13.2. The van der Waals surface area contributed by atoms with Crippen molar-refractivity contribution < 1.29 is 14.6 Å². The molecular formula is C15H21NO3. The molecule has 0 unspecified atom stereocenters. The molecule has 1 fully saturated rings. The summed E-state index contributed by atoms with van der Waals surface area (Å²) >= 11 is 0. The summed E-state index contributed by atoms with van der Waals surface area (Å²) in [5.74, 6) is -0.140. The molecule has 2 rings (SSSR count). The number of carboxylic acids is 1. The predicted octanol–water partition coefficient (Wildman–Crippen LogP) is 2.64. The second-order valence-corrected chi connectivity index (χ2v) is 4.99. The number of rotatable bonds is 5. The van der Waals surface area contributed by atoms with E-state index in [1.165, 1.54) is 13.0 Å². The zero-order valence-electron chi connectivity index (χ0n) is 11.3. The maximum Gasteiger partial charge on any atom is 0.335 e. The Morgan fingerprint density at radius 3 is 2.47 bits per heavy atom. The largest absolute Gasteiger partial charge is 0.490 e. The van der Waals surface area contributed by atoms with Crippen LogP contribution in [0.4, 0.5) is 0 Å². The Labute approximate surface area is 114 Å². The van der Waals surface area contributed by atoms with Crippen LogP contribution in [0.1, 0.15) is 36.5 Å². The number of ether oxygens (including phenoxy) is 1. The Kier molecular flexibility index (Phi) is 4.80. The van der Waals surface area contributed by atoms with Crippen molar-refractivity contribution in [3.05, 3.63) is 29.8 Å². The monoisotopic (exact) mass is 263 g/mol. The van der Waals surface area contributed by atoms with Crippen molar-refractivity contribution in [2.24, 2.45) is 0 Å². The zero-order chi connectivity index (χ0) is 13.7. The van der Waals surface area contributed by atoms with Crippen LogP contribution in [0, 0.1) is 0 Å². The molecule has 1 aromatic rings. The first kappa shape index (κ1) is 13.9. The van der Waals surface area contributed by atoms with Gasteiger partial charge in [0, 0.05) is 13.1 Å². The fourth-order valence-corrected chi connectivity index (χ4v) is 2.44. The number of nitrogens with zero attached hydrogens (tertiary/aromatic N) is 1. The van der Waals surface area contributed by atoms with Crippen LogP contribution in [-0.4, -0.2) is 41.7 Å². The van der Waals surface area contributed by atoms with E-state index >= 15 is 0 Å². The van der Waals surface area contributed by atoms with Gasteiger partial charge in [-0.3, -0.25) is 0 Å². The van der Waals surface area contributed by atoms with Gasteiger partial charge in [-0.1, -0.05) is 6.92 Å². The highest BCUT2D eigenvalue weighted by Gasteiger charge is 2.19. The smallest absolute Gasteiger partial charge is 0.335 e. The summed E-state index contributed by atoms with van der Waals surface area (Å²) in [7, 11) is 0. The fourth-order valence-electron chi connectivity index (χ4n) is 2.44. The summed E-state index contributed by atoms with van der Waals surface area (Å²) in [6.45, 7) is 5.55. The summed E-state index contributed by atoms with van der Waals surface area (Å²) < 4.78 is 5.90. The molecule has 1 aromatic carbocycles. The van der Waals surface area contributed by atoms with Crippen molar-refractivity contribution in [2.75, 3.05) is 19.6 Å². The van der Waals surface area contributed by atoms with Gasteiger partial charge in [0.15, 0.2) is 0 Å². The first-order valence-electron chi connectivity index (χ1n) is 6.91. The van der Waals surface area contributed by atoms with E-state index in [1.54, 1.807) is 24.3 Å². The first-order chi connectivity index (χ1) is 9.19. The lowest BCUT2D eigenvalue weighted by atomic mass is 10.1. The van der Waals surface area contributed by atoms with E-state index in [0.717, 1.165) is 31.7 Å². The molecule has 0 amide bonds. The normalized spacial score (nSPS) is 17.3. The molecule has 0 atom stereocenters. The van der Waals surface area contributed by atoms with E-state index in [9.17, 15) is 4.79 Å². The van der Waals surface area contributed by atoms with Crippen LogP contribution in [0.2, 0.25) is 0 Å².